The Bertz CT molecular complexity index is 767. The van der Waals surface area contributed by atoms with Crippen LogP contribution in [0.2, 0.25) is 0 Å². The molecule has 1 aromatic rings. The van der Waals surface area contributed by atoms with Crippen LogP contribution in [0, 0.1) is 0 Å². The number of hydrogen-bond acceptors (Lipinski definition) is 5. The minimum Gasteiger partial charge on any atom is -0.495 e. The van der Waals surface area contributed by atoms with Crippen LogP contribution in [0.5, 0.6) is 5.75 Å². The number of nitrogens with one attached hydrogen (secondary N) is 1. The van der Waals surface area contributed by atoms with Crippen LogP contribution in [-0.4, -0.2) is 54.2 Å². The monoisotopic (exact) mass is 389 g/mol. The van der Waals surface area contributed by atoms with Crippen molar-refractivity contribution in [3.8, 4) is 5.75 Å². The first kappa shape index (κ1) is 19.3. The lowest BCUT2D eigenvalue weighted by atomic mass is 10.1. The van der Waals surface area contributed by atoms with Crippen LogP contribution >= 0.6 is 11.8 Å². The van der Waals surface area contributed by atoms with Gasteiger partial charge in [-0.1, -0.05) is 31.6 Å². The van der Waals surface area contributed by atoms with Crippen molar-refractivity contribution in [3.05, 3.63) is 35.7 Å². The molecule has 0 saturated carbocycles. The topological polar surface area (TPSA) is 79.0 Å². The summed E-state index contributed by atoms with van der Waals surface area (Å²) in [4.78, 5) is 41.0. The number of amides is 4. The lowest BCUT2D eigenvalue weighted by Crippen LogP contribution is -2.63. The van der Waals surface area contributed by atoms with Crippen molar-refractivity contribution in [1.29, 1.82) is 0 Å². The van der Waals surface area contributed by atoms with E-state index in [2.05, 4.69) is 5.32 Å². The van der Waals surface area contributed by atoms with E-state index in [1.165, 1.54) is 23.8 Å². The number of urea groups is 1. The van der Waals surface area contributed by atoms with Crippen molar-refractivity contribution in [2.24, 2.45) is 0 Å². The summed E-state index contributed by atoms with van der Waals surface area (Å²) in [7, 11) is 1.49. The van der Waals surface area contributed by atoms with Gasteiger partial charge in [-0.2, -0.15) is 0 Å². The highest BCUT2D eigenvalue weighted by Crippen LogP contribution is 2.38. The number of thioether (sulfide) groups is 1. The molecule has 0 radical (unpaired) electrons. The maximum atomic E-state index is 13.2. The average Bonchev–Trinajstić information content (AvgIpc) is 3.16. The first-order valence-electron chi connectivity index (χ1n) is 8.95. The van der Waals surface area contributed by atoms with Gasteiger partial charge in [0.15, 0.2) is 0 Å². The number of unbranched alkanes of at least 4 members (excludes halogenated alkanes) is 1. The van der Waals surface area contributed by atoms with Crippen LogP contribution in [0.15, 0.2) is 35.7 Å². The van der Waals surface area contributed by atoms with Crippen molar-refractivity contribution >= 4 is 35.3 Å². The van der Waals surface area contributed by atoms with E-state index >= 15 is 0 Å². The number of para-hydroxylation sites is 2. The van der Waals surface area contributed by atoms with Crippen LogP contribution in [0.25, 0.3) is 0 Å². The molecule has 2 heterocycles. The number of methoxy groups -OCH3 is 1. The number of fused-ring (bicyclic) bond motifs is 1. The van der Waals surface area contributed by atoms with Crippen molar-refractivity contribution in [2.45, 2.75) is 31.1 Å². The Hall–Kier alpha value is -2.48. The Labute approximate surface area is 162 Å². The fourth-order valence-corrected chi connectivity index (χ4v) is 4.21. The van der Waals surface area contributed by atoms with Gasteiger partial charge in [-0.15, -0.1) is 11.8 Å². The molecule has 2 aliphatic rings. The molecule has 0 aromatic heterocycles. The Balaban J connectivity index is 1.87. The predicted octanol–water partition coefficient (Wildman–Crippen LogP) is 2.38. The average molecular weight is 389 g/mol. The van der Waals surface area contributed by atoms with Gasteiger partial charge in [0.05, 0.1) is 18.8 Å². The molecule has 7 nitrogen and oxygen atoms in total. The quantitative estimate of drug-likeness (QED) is 0.725. The molecule has 8 heteroatoms. The lowest BCUT2D eigenvalue weighted by molar-refractivity contribution is -0.124. The van der Waals surface area contributed by atoms with E-state index in [1.807, 2.05) is 18.4 Å². The maximum Gasteiger partial charge on any atom is 0.332 e. The van der Waals surface area contributed by atoms with E-state index in [0.717, 1.165) is 17.7 Å². The third-order valence-corrected chi connectivity index (χ3v) is 5.65. The molecule has 1 saturated heterocycles. The fraction of sp³-hybridized carbons (Fsp3) is 0.421. The van der Waals surface area contributed by atoms with Crippen LogP contribution in [0.4, 0.5) is 10.5 Å². The van der Waals surface area contributed by atoms with Crippen LogP contribution in [0.3, 0.4) is 0 Å². The van der Waals surface area contributed by atoms with Gasteiger partial charge in [0, 0.05) is 6.54 Å². The normalized spacial score (nSPS) is 21.4. The SMILES string of the molecule is CCCCNC(=O)CN1C(=O)N(c2ccccc2OC)C(=O)C2SC=CC21. The van der Waals surface area contributed by atoms with Gasteiger partial charge in [0.2, 0.25) is 5.91 Å². The molecule has 0 aliphatic carbocycles. The number of anilines is 1. The second kappa shape index (κ2) is 8.47. The summed E-state index contributed by atoms with van der Waals surface area (Å²) in [5.41, 5.74) is 0.386. The molecule has 4 amide bonds. The van der Waals surface area contributed by atoms with Crippen molar-refractivity contribution in [3.63, 3.8) is 0 Å². The number of imide groups is 1. The largest absolute Gasteiger partial charge is 0.495 e. The standard InChI is InChI=1S/C19H23N3O4S/c1-3-4-10-20-16(23)12-21-14-9-11-27-17(14)18(24)22(19(21)25)13-7-5-6-8-15(13)26-2/h5-9,11,14,17H,3-4,10,12H2,1-2H3,(H,20,23). The summed E-state index contributed by atoms with van der Waals surface area (Å²) in [6.07, 6.45) is 3.67. The number of benzene rings is 1. The summed E-state index contributed by atoms with van der Waals surface area (Å²) in [6.45, 7) is 2.53. The molecule has 144 valence electrons. The summed E-state index contributed by atoms with van der Waals surface area (Å²) in [5.74, 6) is -0.0942. The van der Waals surface area contributed by atoms with Crippen molar-refractivity contribution in [1.82, 2.24) is 10.2 Å². The van der Waals surface area contributed by atoms with E-state index < -0.39 is 17.3 Å². The van der Waals surface area contributed by atoms with Crippen LogP contribution in [-0.2, 0) is 9.59 Å². The third kappa shape index (κ3) is 3.80. The van der Waals surface area contributed by atoms with Gasteiger partial charge in [0.1, 0.15) is 17.5 Å². The minimum absolute atomic E-state index is 0.0897. The van der Waals surface area contributed by atoms with Gasteiger partial charge < -0.3 is 15.0 Å². The molecule has 0 bridgehead atoms. The second-order valence-electron chi connectivity index (χ2n) is 6.34. The molecular formula is C19H23N3O4S. The highest BCUT2D eigenvalue weighted by Gasteiger charge is 2.48. The summed E-state index contributed by atoms with van der Waals surface area (Å²) in [5, 5.41) is 4.18. The Morgan fingerprint density at radius 3 is 2.81 bits per heavy atom. The van der Waals surface area contributed by atoms with Gasteiger partial charge in [-0.05, 0) is 24.0 Å². The molecule has 0 spiro atoms. The summed E-state index contributed by atoms with van der Waals surface area (Å²) >= 11 is 1.36. The smallest absolute Gasteiger partial charge is 0.332 e. The maximum absolute atomic E-state index is 13.2. The number of ether oxygens (including phenoxy) is 1. The van der Waals surface area contributed by atoms with E-state index in [4.69, 9.17) is 4.74 Å². The Kier molecular flexibility index (Phi) is 6.05. The molecule has 1 aromatic carbocycles. The van der Waals surface area contributed by atoms with Crippen LogP contribution < -0.4 is 15.0 Å². The molecule has 1 N–H and O–H groups in total. The molecule has 2 unspecified atom stereocenters. The van der Waals surface area contributed by atoms with Gasteiger partial charge in [-0.3, -0.25) is 9.59 Å². The molecule has 1 fully saturated rings. The second-order valence-corrected chi connectivity index (χ2v) is 7.39. The highest BCUT2D eigenvalue weighted by atomic mass is 32.2. The zero-order chi connectivity index (χ0) is 19.4. The van der Waals surface area contributed by atoms with Gasteiger partial charge in [-0.25, -0.2) is 9.69 Å². The third-order valence-electron chi connectivity index (χ3n) is 4.56. The number of nitrogens with zero attached hydrogens (tertiary/aromatic N) is 2. The Morgan fingerprint density at radius 1 is 1.30 bits per heavy atom. The van der Waals surface area contributed by atoms with E-state index in [0.29, 0.717) is 18.0 Å². The Morgan fingerprint density at radius 2 is 2.07 bits per heavy atom. The van der Waals surface area contributed by atoms with Crippen LogP contribution in [0.1, 0.15) is 19.8 Å². The van der Waals surface area contributed by atoms with Crippen molar-refractivity contribution in [2.75, 3.05) is 25.1 Å². The zero-order valence-corrected chi connectivity index (χ0v) is 16.2. The predicted molar refractivity (Wildman–Crippen MR) is 105 cm³/mol. The number of hydrogen-bond donors (Lipinski definition) is 1. The van der Waals surface area contributed by atoms with Crippen molar-refractivity contribution < 1.29 is 19.1 Å². The van der Waals surface area contributed by atoms with Gasteiger partial charge in [0.25, 0.3) is 5.91 Å². The van der Waals surface area contributed by atoms with E-state index in [9.17, 15) is 14.4 Å². The summed E-state index contributed by atoms with van der Waals surface area (Å²) < 4.78 is 5.32. The molecule has 2 aliphatic heterocycles. The first-order chi connectivity index (χ1) is 13.1. The van der Waals surface area contributed by atoms with E-state index in [1.54, 1.807) is 24.3 Å². The van der Waals surface area contributed by atoms with E-state index in [-0.39, 0.29) is 18.4 Å². The van der Waals surface area contributed by atoms with Gasteiger partial charge >= 0.3 is 6.03 Å². The molecule has 2 atom stereocenters. The highest BCUT2D eigenvalue weighted by molar-refractivity contribution is 8.03. The number of carbonyl (C=O) groups is 3. The molecule has 3 rings (SSSR count). The minimum atomic E-state index is -0.511. The lowest BCUT2D eigenvalue weighted by Gasteiger charge is -2.41. The molecular weight excluding hydrogens is 366 g/mol. The summed E-state index contributed by atoms with van der Waals surface area (Å²) in [6, 6.07) is 5.95. The first-order valence-corrected chi connectivity index (χ1v) is 9.89. The fourth-order valence-electron chi connectivity index (χ4n) is 3.17. The number of carbonyl (C=O) groups excluding carboxylic acids is 3. The zero-order valence-electron chi connectivity index (χ0n) is 15.4. The molecule has 27 heavy (non-hydrogen) atoms. The number of rotatable bonds is 7.